The van der Waals surface area contributed by atoms with Gasteiger partial charge in [0.25, 0.3) is 0 Å². The van der Waals surface area contributed by atoms with Crippen LogP contribution in [-0.2, 0) is 14.8 Å². The van der Waals surface area contributed by atoms with Crippen molar-refractivity contribution in [3.8, 4) is 0 Å². The van der Waals surface area contributed by atoms with E-state index in [0.29, 0.717) is 25.4 Å². The van der Waals surface area contributed by atoms with Gasteiger partial charge in [0.05, 0.1) is 4.90 Å². The predicted octanol–water partition coefficient (Wildman–Crippen LogP) is 2.52. The highest BCUT2D eigenvalue weighted by atomic mass is 32.2. The summed E-state index contributed by atoms with van der Waals surface area (Å²) in [6.07, 6.45) is 2.49. The Balaban J connectivity index is 1.80. The number of aliphatic hydroxyl groups is 1. The van der Waals surface area contributed by atoms with E-state index in [1.54, 1.807) is 23.1 Å². The molecule has 1 saturated heterocycles. The van der Waals surface area contributed by atoms with Crippen LogP contribution in [0.2, 0.25) is 0 Å². The first-order valence-corrected chi connectivity index (χ1v) is 11.3. The molecule has 2 aromatic carbocycles. The van der Waals surface area contributed by atoms with Crippen molar-refractivity contribution >= 4 is 26.7 Å². The van der Waals surface area contributed by atoms with Crippen LogP contribution >= 0.6 is 0 Å². The minimum Gasteiger partial charge on any atom is -0.396 e. The van der Waals surface area contributed by atoms with Gasteiger partial charge in [0, 0.05) is 19.7 Å². The van der Waals surface area contributed by atoms with Crippen LogP contribution in [0.3, 0.4) is 0 Å². The van der Waals surface area contributed by atoms with Crippen LogP contribution in [-0.4, -0.2) is 50.1 Å². The van der Waals surface area contributed by atoms with E-state index in [0.717, 1.165) is 23.6 Å². The van der Waals surface area contributed by atoms with E-state index >= 15 is 0 Å². The first-order chi connectivity index (χ1) is 13.4. The van der Waals surface area contributed by atoms with Crippen LogP contribution in [0.15, 0.2) is 47.4 Å². The van der Waals surface area contributed by atoms with Gasteiger partial charge in [0.1, 0.15) is 6.04 Å². The molecule has 28 heavy (non-hydrogen) atoms. The molecule has 2 aromatic rings. The molecule has 0 aliphatic carbocycles. The lowest BCUT2D eigenvalue weighted by atomic mass is 9.98. The zero-order valence-corrected chi connectivity index (χ0v) is 17.0. The summed E-state index contributed by atoms with van der Waals surface area (Å²) in [5, 5.41) is 11.0. The van der Waals surface area contributed by atoms with Gasteiger partial charge in [-0.05, 0) is 54.5 Å². The van der Waals surface area contributed by atoms with Gasteiger partial charge in [0.15, 0.2) is 0 Å². The molecule has 2 N–H and O–H groups in total. The molecule has 7 heteroatoms. The van der Waals surface area contributed by atoms with Crippen LogP contribution in [0.4, 0.5) is 0 Å². The Kier molecular flexibility index (Phi) is 6.69. The number of hydrogen-bond acceptors (Lipinski definition) is 4. The fraction of sp³-hybridized carbons (Fsp3) is 0.476. The molecule has 1 heterocycles. The SMILES string of the molecule is CC1CCN(C(=O)[C@H](CCCO)NS(=O)(=O)c2ccc3ccccc3c2)CC1. The number of nitrogens with one attached hydrogen (secondary N) is 1. The third kappa shape index (κ3) is 4.90. The molecule has 0 saturated carbocycles. The number of fused-ring (bicyclic) bond motifs is 1. The van der Waals surface area contributed by atoms with Crippen molar-refractivity contribution in [3.63, 3.8) is 0 Å². The smallest absolute Gasteiger partial charge is 0.241 e. The number of piperidine rings is 1. The van der Waals surface area contributed by atoms with Crippen molar-refractivity contribution in [2.75, 3.05) is 19.7 Å². The van der Waals surface area contributed by atoms with E-state index in [9.17, 15) is 18.3 Å². The van der Waals surface area contributed by atoms with Gasteiger partial charge in [0.2, 0.25) is 15.9 Å². The molecular formula is C21H28N2O4S. The molecule has 0 bridgehead atoms. The average molecular weight is 405 g/mol. The van der Waals surface area contributed by atoms with Crippen LogP contribution in [0, 0.1) is 5.92 Å². The summed E-state index contributed by atoms with van der Waals surface area (Å²) < 4.78 is 28.5. The van der Waals surface area contributed by atoms with Gasteiger partial charge in [-0.1, -0.05) is 37.3 Å². The van der Waals surface area contributed by atoms with Crippen LogP contribution in [0.25, 0.3) is 10.8 Å². The molecule has 1 aliphatic heterocycles. The monoisotopic (exact) mass is 404 g/mol. The van der Waals surface area contributed by atoms with Crippen LogP contribution in [0.1, 0.15) is 32.6 Å². The predicted molar refractivity (Wildman–Crippen MR) is 109 cm³/mol. The van der Waals surface area contributed by atoms with E-state index in [2.05, 4.69) is 11.6 Å². The number of aliphatic hydroxyl groups excluding tert-OH is 1. The van der Waals surface area contributed by atoms with Gasteiger partial charge >= 0.3 is 0 Å². The molecule has 0 unspecified atom stereocenters. The van der Waals surface area contributed by atoms with Crippen molar-refractivity contribution < 1.29 is 18.3 Å². The topological polar surface area (TPSA) is 86.7 Å². The Bertz CT molecular complexity index is 921. The van der Waals surface area contributed by atoms with Crippen molar-refractivity contribution in [3.05, 3.63) is 42.5 Å². The molecule has 1 aliphatic rings. The summed E-state index contributed by atoms with van der Waals surface area (Å²) in [5.74, 6) is 0.374. The van der Waals surface area contributed by atoms with Crippen molar-refractivity contribution in [1.29, 1.82) is 0 Å². The number of benzene rings is 2. The van der Waals surface area contributed by atoms with Gasteiger partial charge < -0.3 is 10.0 Å². The fourth-order valence-corrected chi connectivity index (χ4v) is 4.83. The maximum absolute atomic E-state index is 12.9. The zero-order valence-electron chi connectivity index (χ0n) is 16.2. The van der Waals surface area contributed by atoms with E-state index in [-0.39, 0.29) is 23.8 Å². The van der Waals surface area contributed by atoms with E-state index in [1.807, 2.05) is 24.3 Å². The molecule has 3 rings (SSSR count). The van der Waals surface area contributed by atoms with Gasteiger partial charge in [-0.2, -0.15) is 4.72 Å². The maximum atomic E-state index is 12.9. The number of likely N-dealkylation sites (tertiary alicyclic amines) is 1. The standard InChI is InChI=1S/C21H28N2O4S/c1-16-10-12-23(13-11-16)21(25)20(7-4-14-24)22-28(26,27)19-9-8-17-5-2-3-6-18(17)15-19/h2-3,5-6,8-9,15-16,20,22,24H,4,7,10-14H2,1H3/t20-/m0/s1. The molecule has 0 spiro atoms. The fourth-order valence-electron chi connectivity index (χ4n) is 3.57. The summed E-state index contributed by atoms with van der Waals surface area (Å²) >= 11 is 0. The largest absolute Gasteiger partial charge is 0.396 e. The summed E-state index contributed by atoms with van der Waals surface area (Å²) in [4.78, 5) is 14.8. The van der Waals surface area contributed by atoms with Crippen molar-refractivity contribution in [2.24, 2.45) is 5.92 Å². The second-order valence-electron chi connectivity index (χ2n) is 7.56. The molecule has 152 valence electrons. The second kappa shape index (κ2) is 9.03. The van der Waals surface area contributed by atoms with Gasteiger partial charge in [-0.25, -0.2) is 8.42 Å². The Labute approximate surface area is 166 Å². The van der Waals surface area contributed by atoms with Gasteiger partial charge in [-0.15, -0.1) is 0 Å². The van der Waals surface area contributed by atoms with E-state index in [4.69, 9.17) is 0 Å². The highest BCUT2D eigenvalue weighted by Crippen LogP contribution is 2.21. The minimum atomic E-state index is -3.85. The Morgan fingerprint density at radius 1 is 1.18 bits per heavy atom. The maximum Gasteiger partial charge on any atom is 0.241 e. The summed E-state index contributed by atoms with van der Waals surface area (Å²) in [7, 11) is -3.85. The average Bonchev–Trinajstić information content (AvgIpc) is 2.70. The number of carbonyl (C=O) groups excluding carboxylic acids is 1. The number of amides is 1. The number of carbonyl (C=O) groups is 1. The second-order valence-corrected chi connectivity index (χ2v) is 9.27. The van der Waals surface area contributed by atoms with Crippen molar-refractivity contribution in [1.82, 2.24) is 9.62 Å². The lowest BCUT2D eigenvalue weighted by molar-refractivity contribution is -0.134. The number of sulfonamides is 1. The first kappa shape index (κ1) is 20.8. The molecule has 0 radical (unpaired) electrons. The summed E-state index contributed by atoms with van der Waals surface area (Å²) in [6.45, 7) is 3.37. The Morgan fingerprint density at radius 2 is 1.86 bits per heavy atom. The summed E-state index contributed by atoms with van der Waals surface area (Å²) in [6, 6.07) is 11.6. The third-order valence-corrected chi connectivity index (χ3v) is 6.84. The molecular weight excluding hydrogens is 376 g/mol. The Morgan fingerprint density at radius 3 is 2.54 bits per heavy atom. The number of hydrogen-bond donors (Lipinski definition) is 2. The molecule has 1 fully saturated rings. The van der Waals surface area contributed by atoms with Crippen molar-refractivity contribution in [2.45, 2.75) is 43.5 Å². The highest BCUT2D eigenvalue weighted by molar-refractivity contribution is 7.89. The van der Waals surface area contributed by atoms with Crippen LogP contribution < -0.4 is 4.72 Å². The quantitative estimate of drug-likeness (QED) is 0.742. The molecule has 1 amide bonds. The lowest BCUT2D eigenvalue weighted by Gasteiger charge is -2.33. The van der Waals surface area contributed by atoms with Crippen LogP contribution in [0.5, 0.6) is 0 Å². The molecule has 0 aromatic heterocycles. The lowest BCUT2D eigenvalue weighted by Crippen LogP contribution is -2.50. The summed E-state index contributed by atoms with van der Waals surface area (Å²) in [5.41, 5.74) is 0. The molecule has 6 nitrogen and oxygen atoms in total. The zero-order chi connectivity index (χ0) is 20.1. The minimum absolute atomic E-state index is 0.0848. The third-order valence-electron chi connectivity index (χ3n) is 5.37. The molecule has 1 atom stereocenters. The first-order valence-electron chi connectivity index (χ1n) is 9.81. The highest BCUT2D eigenvalue weighted by Gasteiger charge is 2.30. The number of nitrogens with zero attached hydrogens (tertiary/aromatic N) is 1. The number of rotatable bonds is 7. The van der Waals surface area contributed by atoms with E-state index in [1.165, 1.54) is 0 Å². The van der Waals surface area contributed by atoms with Gasteiger partial charge in [-0.3, -0.25) is 4.79 Å². The van der Waals surface area contributed by atoms with E-state index < -0.39 is 16.1 Å². The Hall–Kier alpha value is -1.96. The normalized spacial score (nSPS) is 17.0.